The fourth-order valence-electron chi connectivity index (χ4n) is 5.27. The Kier molecular flexibility index (Phi) is 9.34. The lowest BCUT2D eigenvalue weighted by Gasteiger charge is -2.11. The first-order chi connectivity index (χ1) is 21.4. The van der Waals surface area contributed by atoms with Gasteiger partial charge in [-0.05, 0) is 76.3 Å². The molecule has 0 aliphatic heterocycles. The van der Waals surface area contributed by atoms with Gasteiger partial charge in [-0.15, -0.1) is 0 Å². The molecule has 0 amide bonds. The zero-order chi connectivity index (χ0) is 31.1. The molecule has 5 N–H and O–H groups in total. The van der Waals surface area contributed by atoms with Crippen LogP contribution in [0.2, 0.25) is 0 Å². The molecule has 1 aromatic heterocycles. The molecule has 218 valence electrons. The number of nitrogens with one attached hydrogen (secondary N) is 1. The van der Waals surface area contributed by atoms with Crippen LogP contribution >= 0.6 is 0 Å². The smallest absolute Gasteiger partial charge is 0.135 e. The minimum atomic E-state index is 0.121. The molecule has 0 saturated heterocycles. The summed E-state index contributed by atoms with van der Waals surface area (Å²) in [5, 5.41) is 14.3. The van der Waals surface area contributed by atoms with Crippen LogP contribution in [0.3, 0.4) is 0 Å². The van der Waals surface area contributed by atoms with E-state index >= 15 is 0 Å². The van der Waals surface area contributed by atoms with Crippen LogP contribution in [0.1, 0.15) is 25.0 Å². The first-order valence-corrected chi connectivity index (χ1v) is 14.6. The molecule has 4 heteroatoms. The summed E-state index contributed by atoms with van der Waals surface area (Å²) in [6, 6.07) is 41.3. The van der Waals surface area contributed by atoms with E-state index in [1.54, 1.807) is 0 Å². The average Bonchev–Trinajstić information content (AvgIpc) is 3.46. The summed E-state index contributed by atoms with van der Waals surface area (Å²) < 4.78 is 6.09. The van der Waals surface area contributed by atoms with Crippen molar-refractivity contribution in [1.82, 2.24) is 0 Å². The van der Waals surface area contributed by atoms with Gasteiger partial charge in [0.1, 0.15) is 17.0 Å². The van der Waals surface area contributed by atoms with Crippen molar-refractivity contribution in [3.8, 4) is 11.1 Å². The van der Waals surface area contributed by atoms with E-state index in [4.69, 9.17) is 21.3 Å². The molecular weight excluding hydrogens is 538 g/mol. The maximum atomic E-state index is 7.01. The SMILES string of the molecule is C=C/C(C)=C\C.N=C(N)c1ccccc1.NCc1cccc2oc3ccc(-c4cc5ccccc5c5ccccc45)cc3c12. The third-order valence-electron chi connectivity index (χ3n) is 7.74. The topological polar surface area (TPSA) is 89.0 Å². The zero-order valence-electron chi connectivity index (χ0n) is 25.2. The Morgan fingerprint density at radius 3 is 2.07 bits per heavy atom. The van der Waals surface area contributed by atoms with Gasteiger partial charge in [0, 0.05) is 22.9 Å². The molecule has 0 spiro atoms. The third kappa shape index (κ3) is 6.31. The van der Waals surface area contributed by atoms with Gasteiger partial charge >= 0.3 is 0 Å². The molecule has 0 bridgehead atoms. The van der Waals surface area contributed by atoms with Crippen molar-refractivity contribution in [3.05, 3.63) is 157 Å². The van der Waals surface area contributed by atoms with Gasteiger partial charge in [0.15, 0.2) is 0 Å². The number of allylic oxidation sites excluding steroid dienone is 3. The van der Waals surface area contributed by atoms with E-state index in [9.17, 15) is 0 Å². The van der Waals surface area contributed by atoms with E-state index in [1.165, 1.54) is 38.2 Å². The van der Waals surface area contributed by atoms with Gasteiger partial charge < -0.3 is 15.9 Å². The highest BCUT2D eigenvalue weighted by Crippen LogP contribution is 2.38. The van der Waals surface area contributed by atoms with Gasteiger partial charge in [-0.1, -0.05) is 121 Å². The summed E-state index contributed by atoms with van der Waals surface area (Å²) >= 11 is 0. The second-order valence-corrected chi connectivity index (χ2v) is 10.5. The monoisotopic (exact) mass is 575 g/mol. The summed E-state index contributed by atoms with van der Waals surface area (Å²) in [7, 11) is 0. The predicted molar refractivity (Wildman–Crippen MR) is 189 cm³/mol. The van der Waals surface area contributed by atoms with Crippen molar-refractivity contribution in [2.45, 2.75) is 20.4 Å². The highest BCUT2D eigenvalue weighted by Gasteiger charge is 2.13. The molecule has 7 aromatic rings. The molecule has 0 unspecified atom stereocenters. The number of hydrogen-bond donors (Lipinski definition) is 3. The van der Waals surface area contributed by atoms with Gasteiger partial charge in [-0.3, -0.25) is 5.41 Å². The van der Waals surface area contributed by atoms with Crippen molar-refractivity contribution < 1.29 is 4.42 Å². The average molecular weight is 576 g/mol. The molecule has 7 rings (SSSR count). The number of nitrogen functional groups attached to an aromatic ring is 1. The van der Waals surface area contributed by atoms with E-state index in [1.807, 2.05) is 68.5 Å². The molecular formula is C40H37N3O. The van der Waals surface area contributed by atoms with Gasteiger partial charge in [0.25, 0.3) is 0 Å². The summed E-state index contributed by atoms with van der Waals surface area (Å²) in [6.45, 7) is 8.08. The Morgan fingerprint density at radius 2 is 1.43 bits per heavy atom. The maximum Gasteiger partial charge on any atom is 0.135 e. The highest BCUT2D eigenvalue weighted by atomic mass is 16.3. The van der Waals surface area contributed by atoms with Crippen molar-refractivity contribution in [3.63, 3.8) is 0 Å². The Morgan fingerprint density at radius 1 is 0.750 bits per heavy atom. The molecule has 0 radical (unpaired) electrons. The largest absolute Gasteiger partial charge is 0.456 e. The molecule has 1 heterocycles. The van der Waals surface area contributed by atoms with E-state index in [0.717, 1.165) is 33.1 Å². The van der Waals surface area contributed by atoms with Crippen LogP contribution in [-0.4, -0.2) is 5.84 Å². The zero-order valence-corrected chi connectivity index (χ0v) is 25.2. The van der Waals surface area contributed by atoms with E-state index in [2.05, 4.69) is 85.4 Å². The Hall–Kier alpha value is -5.45. The number of nitrogens with two attached hydrogens (primary N) is 2. The fraction of sp³-hybridized carbons (Fsp3) is 0.0750. The molecule has 0 aliphatic rings. The van der Waals surface area contributed by atoms with Crippen molar-refractivity contribution in [2.75, 3.05) is 0 Å². The lowest BCUT2D eigenvalue weighted by molar-refractivity contribution is 0.668. The van der Waals surface area contributed by atoms with Gasteiger partial charge in [0.2, 0.25) is 0 Å². The minimum absolute atomic E-state index is 0.121. The molecule has 44 heavy (non-hydrogen) atoms. The minimum Gasteiger partial charge on any atom is -0.456 e. The third-order valence-corrected chi connectivity index (χ3v) is 7.74. The van der Waals surface area contributed by atoms with Crippen LogP contribution in [0.4, 0.5) is 0 Å². The fourth-order valence-corrected chi connectivity index (χ4v) is 5.27. The maximum absolute atomic E-state index is 7.01. The number of fused-ring (bicyclic) bond motifs is 6. The van der Waals surface area contributed by atoms with Crippen molar-refractivity contribution >= 4 is 49.3 Å². The normalized spacial score (nSPS) is 11.1. The standard InChI is InChI=1S/C27H19NO.C7H8N2.C6H10/c28-16-19-7-5-11-26-27(19)24-15-18(12-13-25(24)29-26)23-14-17-6-1-2-8-20(17)21-9-3-4-10-22(21)23;8-7(9)6-4-2-1-3-5-6;1-4-6(3)5-2/h1-15H,16,28H2;1-5H,(H3,8,9);4-5H,1H2,2-3H3/b;;6-5-. The summed E-state index contributed by atoms with van der Waals surface area (Å²) in [6.07, 6.45) is 3.85. The molecule has 0 aliphatic carbocycles. The van der Waals surface area contributed by atoms with Gasteiger partial charge in [-0.25, -0.2) is 0 Å². The number of rotatable bonds is 4. The highest BCUT2D eigenvalue weighted by molar-refractivity contribution is 6.15. The summed E-state index contributed by atoms with van der Waals surface area (Å²) in [5.74, 6) is 0.121. The first kappa shape index (κ1) is 30.0. The van der Waals surface area contributed by atoms with Crippen LogP contribution in [0, 0.1) is 5.41 Å². The van der Waals surface area contributed by atoms with E-state index < -0.39 is 0 Å². The summed E-state index contributed by atoms with van der Waals surface area (Å²) in [5.41, 5.74) is 18.5. The molecule has 4 nitrogen and oxygen atoms in total. The Balaban J connectivity index is 0.000000212. The first-order valence-electron chi connectivity index (χ1n) is 14.6. The van der Waals surface area contributed by atoms with Gasteiger partial charge in [-0.2, -0.15) is 0 Å². The van der Waals surface area contributed by atoms with E-state index in [-0.39, 0.29) is 5.84 Å². The van der Waals surface area contributed by atoms with Crippen LogP contribution in [0.5, 0.6) is 0 Å². The lowest BCUT2D eigenvalue weighted by Crippen LogP contribution is -2.10. The summed E-state index contributed by atoms with van der Waals surface area (Å²) in [4.78, 5) is 0. The van der Waals surface area contributed by atoms with Crippen LogP contribution < -0.4 is 11.5 Å². The quantitative estimate of drug-likeness (QED) is 0.0844. The number of benzene rings is 6. The molecule has 0 fully saturated rings. The van der Waals surface area contributed by atoms with Crippen LogP contribution in [0.25, 0.3) is 54.6 Å². The lowest BCUT2D eigenvalue weighted by atomic mass is 9.92. The van der Waals surface area contributed by atoms with E-state index in [0.29, 0.717) is 6.54 Å². The second kappa shape index (κ2) is 13.7. The van der Waals surface area contributed by atoms with Crippen LogP contribution in [0.15, 0.2) is 150 Å². The van der Waals surface area contributed by atoms with Gasteiger partial charge in [0.05, 0.1) is 0 Å². The Bertz CT molecular complexity index is 2120. The Labute approximate surface area is 258 Å². The molecule has 6 aromatic carbocycles. The van der Waals surface area contributed by atoms with Crippen molar-refractivity contribution in [2.24, 2.45) is 11.5 Å². The second-order valence-electron chi connectivity index (χ2n) is 10.5. The van der Waals surface area contributed by atoms with Crippen LogP contribution in [-0.2, 0) is 6.54 Å². The number of furan rings is 1. The number of amidine groups is 1. The molecule has 0 saturated carbocycles. The van der Waals surface area contributed by atoms with Crippen molar-refractivity contribution in [1.29, 1.82) is 5.41 Å². The number of hydrogen-bond acceptors (Lipinski definition) is 3. The molecule has 0 atom stereocenters. The predicted octanol–water partition coefficient (Wildman–Crippen LogP) is 10.1.